The van der Waals surface area contributed by atoms with Crippen molar-refractivity contribution in [2.45, 2.75) is 27.2 Å². The third kappa shape index (κ3) is 13.5. The van der Waals surface area contributed by atoms with E-state index in [9.17, 15) is 4.79 Å². The lowest BCUT2D eigenvalue weighted by Crippen LogP contribution is -1.84. The second-order valence-corrected chi connectivity index (χ2v) is 5.31. The number of aldehydes is 1. The highest BCUT2D eigenvalue weighted by Crippen LogP contribution is 2.11. The fraction of sp³-hybridized carbons (Fsp3) is 0.400. The van der Waals surface area contributed by atoms with Gasteiger partial charge in [-0.3, -0.25) is 4.79 Å². The first-order chi connectivity index (χ1) is 11.1. The van der Waals surface area contributed by atoms with E-state index in [1.54, 1.807) is 11.3 Å². The number of anilines is 1. The van der Waals surface area contributed by atoms with E-state index in [2.05, 4.69) is 21.4 Å². The number of hydrogen-bond acceptors (Lipinski definition) is 8. The first-order valence-corrected chi connectivity index (χ1v) is 7.75. The van der Waals surface area contributed by atoms with Gasteiger partial charge in [0.05, 0.1) is 0 Å². The number of nitrogens with one attached hydrogen (secondary N) is 1. The van der Waals surface area contributed by atoms with Crippen LogP contribution in [0.2, 0.25) is 0 Å². The molecular formula is C15H26N4O3S. The molecule has 0 unspecified atom stereocenters. The van der Waals surface area contributed by atoms with Gasteiger partial charge in [0.25, 0.3) is 0 Å². The molecule has 0 aliphatic rings. The summed E-state index contributed by atoms with van der Waals surface area (Å²) in [5.74, 6) is 3.50. The molecule has 8 heteroatoms. The average Bonchev–Trinajstić information content (AvgIpc) is 3.04. The molecule has 1 aromatic carbocycles. The number of benzene rings is 1. The van der Waals surface area contributed by atoms with Crippen LogP contribution in [0.4, 0.5) is 5.13 Å². The van der Waals surface area contributed by atoms with Crippen LogP contribution in [0.15, 0.2) is 24.3 Å². The summed E-state index contributed by atoms with van der Waals surface area (Å²) in [4.78, 5) is 10.1. The summed E-state index contributed by atoms with van der Waals surface area (Å²) in [5.41, 5.74) is 1.92. The molecule has 0 amide bonds. The highest BCUT2D eigenvalue weighted by Gasteiger charge is 1.92. The number of aryl methyl sites for hydroxylation is 2. The van der Waals surface area contributed by atoms with Gasteiger partial charge in [-0.2, -0.15) is 0 Å². The predicted molar refractivity (Wildman–Crippen MR) is 94.1 cm³/mol. The molecule has 0 bridgehead atoms. The Bertz CT molecular complexity index is 502. The molecule has 0 saturated carbocycles. The minimum Gasteiger partial charge on any atom is -0.396 e. The van der Waals surface area contributed by atoms with Gasteiger partial charge in [0.2, 0.25) is 5.13 Å². The third-order valence-corrected chi connectivity index (χ3v) is 3.03. The summed E-state index contributed by atoms with van der Waals surface area (Å²) in [6, 6.07) is 7.46. The molecule has 5 N–H and O–H groups in total. The zero-order chi connectivity index (χ0) is 18.1. The van der Waals surface area contributed by atoms with Crippen LogP contribution in [0.3, 0.4) is 0 Å². The lowest BCUT2D eigenvalue weighted by molar-refractivity contribution is 0.112. The van der Waals surface area contributed by atoms with Crippen molar-refractivity contribution in [3.8, 4) is 0 Å². The van der Waals surface area contributed by atoms with Gasteiger partial charge in [0.15, 0.2) is 0 Å². The lowest BCUT2D eigenvalue weighted by atomic mass is 10.2. The van der Waals surface area contributed by atoms with Crippen molar-refractivity contribution in [2.24, 2.45) is 5.90 Å². The van der Waals surface area contributed by atoms with Crippen LogP contribution in [-0.2, 0) is 0 Å². The predicted octanol–water partition coefficient (Wildman–Crippen LogP) is 2.42. The number of rotatable bonds is 3. The monoisotopic (exact) mass is 342 g/mol. The highest BCUT2D eigenvalue weighted by atomic mass is 32.1. The molecule has 0 aliphatic carbocycles. The Morgan fingerprint density at radius 2 is 1.74 bits per heavy atom. The van der Waals surface area contributed by atoms with Gasteiger partial charge in [0.1, 0.15) is 11.3 Å². The first-order valence-electron chi connectivity index (χ1n) is 6.93. The summed E-state index contributed by atoms with van der Waals surface area (Å²) < 4.78 is 0. The number of aliphatic hydroxyl groups is 1. The molecule has 130 valence electrons. The van der Waals surface area contributed by atoms with E-state index < -0.39 is 0 Å². The first kappa shape index (κ1) is 23.4. The van der Waals surface area contributed by atoms with Gasteiger partial charge in [-0.05, 0) is 20.3 Å². The van der Waals surface area contributed by atoms with Crippen LogP contribution in [-0.4, -0.2) is 40.5 Å². The molecule has 23 heavy (non-hydrogen) atoms. The van der Waals surface area contributed by atoms with Gasteiger partial charge >= 0.3 is 0 Å². The number of hydrogen-bond donors (Lipinski definition) is 4. The van der Waals surface area contributed by atoms with E-state index in [0.717, 1.165) is 28.4 Å². The normalized spacial score (nSPS) is 8.30. The van der Waals surface area contributed by atoms with Crippen LogP contribution >= 0.6 is 11.3 Å². The van der Waals surface area contributed by atoms with Crippen molar-refractivity contribution in [1.82, 2.24) is 10.2 Å². The van der Waals surface area contributed by atoms with Crippen molar-refractivity contribution >= 4 is 22.8 Å². The topological polar surface area (TPSA) is 121 Å². The van der Waals surface area contributed by atoms with Gasteiger partial charge in [-0.1, -0.05) is 48.1 Å². The maximum absolute atomic E-state index is 10.1. The maximum Gasteiger partial charge on any atom is 0.205 e. The van der Waals surface area contributed by atoms with Crippen molar-refractivity contribution in [1.29, 1.82) is 0 Å². The van der Waals surface area contributed by atoms with Crippen molar-refractivity contribution in [2.75, 3.05) is 19.0 Å². The quantitative estimate of drug-likeness (QED) is 0.499. The fourth-order valence-corrected chi connectivity index (χ4v) is 1.59. The smallest absolute Gasteiger partial charge is 0.205 e. The van der Waals surface area contributed by atoms with Crippen LogP contribution < -0.4 is 11.2 Å². The number of aromatic nitrogens is 2. The fourth-order valence-electron chi connectivity index (χ4n) is 1.04. The molecule has 0 aliphatic heterocycles. The van der Waals surface area contributed by atoms with Crippen molar-refractivity contribution < 1.29 is 15.1 Å². The summed E-state index contributed by atoms with van der Waals surface area (Å²) >= 11 is 1.55. The van der Waals surface area contributed by atoms with Crippen molar-refractivity contribution in [3.05, 3.63) is 40.4 Å². The summed E-state index contributed by atoms with van der Waals surface area (Å²) in [7, 11) is 1.83. The van der Waals surface area contributed by atoms with Gasteiger partial charge in [-0.25, -0.2) is 5.90 Å². The summed E-state index contributed by atoms with van der Waals surface area (Å²) in [6.45, 7) is 6.17. The zero-order valence-electron chi connectivity index (χ0n) is 14.0. The Morgan fingerprint density at radius 3 is 2.00 bits per heavy atom. The SMILES string of the molecule is CCCO.CNc1nnc(C)s1.Cc1ccc(C=O)cc1.NO. The molecule has 0 radical (unpaired) electrons. The van der Waals surface area contributed by atoms with E-state index in [1.165, 1.54) is 5.56 Å². The third-order valence-electron chi connectivity index (χ3n) is 2.18. The van der Waals surface area contributed by atoms with Gasteiger partial charge in [-0.15, -0.1) is 10.2 Å². The van der Waals surface area contributed by atoms with Gasteiger partial charge in [0, 0.05) is 19.2 Å². The van der Waals surface area contributed by atoms with E-state index in [1.807, 2.05) is 52.1 Å². The zero-order valence-corrected chi connectivity index (χ0v) is 14.8. The number of carbonyl (C=O) groups is 1. The van der Waals surface area contributed by atoms with Crippen LogP contribution in [0.1, 0.15) is 34.3 Å². The maximum atomic E-state index is 10.1. The number of aliphatic hydroxyl groups excluding tert-OH is 1. The summed E-state index contributed by atoms with van der Waals surface area (Å²) in [5, 5.41) is 26.7. The molecular weight excluding hydrogens is 316 g/mol. The minimum absolute atomic E-state index is 0.319. The van der Waals surface area contributed by atoms with Crippen LogP contribution in [0.25, 0.3) is 0 Å². The summed E-state index contributed by atoms with van der Waals surface area (Å²) in [6.07, 6.45) is 1.72. The van der Waals surface area contributed by atoms with E-state index in [-0.39, 0.29) is 0 Å². The Hall–Kier alpha value is -1.87. The number of carbonyl (C=O) groups excluding carboxylic acids is 1. The molecule has 2 rings (SSSR count). The molecule has 7 nitrogen and oxygen atoms in total. The molecule has 0 saturated heterocycles. The Morgan fingerprint density at radius 1 is 1.22 bits per heavy atom. The lowest BCUT2D eigenvalue weighted by Gasteiger charge is -1.89. The molecule has 0 spiro atoms. The number of nitrogens with two attached hydrogens (primary N) is 1. The molecule has 2 aromatic rings. The molecule has 0 fully saturated rings. The number of nitrogens with zero attached hydrogens (tertiary/aromatic N) is 2. The van der Waals surface area contributed by atoms with E-state index in [0.29, 0.717) is 6.61 Å². The second kappa shape index (κ2) is 16.5. The van der Waals surface area contributed by atoms with Crippen LogP contribution in [0.5, 0.6) is 0 Å². The highest BCUT2D eigenvalue weighted by molar-refractivity contribution is 7.15. The molecule has 0 atom stereocenters. The van der Waals surface area contributed by atoms with Gasteiger partial charge < -0.3 is 15.6 Å². The molecule has 1 heterocycles. The second-order valence-electron chi connectivity index (χ2n) is 4.13. The minimum atomic E-state index is 0.319. The van der Waals surface area contributed by atoms with Crippen LogP contribution in [0, 0.1) is 13.8 Å². The standard InChI is InChI=1S/C8H8O.C4H7N3S.C3H8O.H3NO/c1-7-2-4-8(6-9)5-3-7;1-3-6-7-4(5-2)8-3;1-2-3-4;1-2/h2-6H,1H3;1-2H3,(H,5,7);4H,2-3H2,1H3;2H,1H2. The Balaban J connectivity index is 0. The largest absolute Gasteiger partial charge is 0.396 e. The van der Waals surface area contributed by atoms with Crippen molar-refractivity contribution in [3.63, 3.8) is 0 Å². The molecule has 1 aromatic heterocycles. The Kier molecular flexibility index (Phi) is 16.8. The Labute approximate surface area is 141 Å². The average molecular weight is 342 g/mol. The van der Waals surface area contributed by atoms with E-state index in [4.69, 9.17) is 10.3 Å². The van der Waals surface area contributed by atoms with E-state index >= 15 is 0 Å².